The third kappa shape index (κ3) is 14.8. The Morgan fingerprint density at radius 1 is 0.690 bits per heavy atom. The molecule has 2 saturated heterocycles. The fourth-order valence-electron chi connectivity index (χ4n) is 7.14. The Morgan fingerprint density at radius 3 is 1.78 bits per heavy atom. The van der Waals surface area contributed by atoms with Crippen LogP contribution in [-0.2, 0) is 43.2 Å². The quantitative estimate of drug-likeness (QED) is 0.0504. The summed E-state index contributed by atoms with van der Waals surface area (Å²) in [7, 11) is 0. The molecule has 0 bridgehead atoms. The molecule has 328 valence electrons. The van der Waals surface area contributed by atoms with Crippen molar-refractivity contribution >= 4 is 53.3 Å². The van der Waals surface area contributed by atoms with Gasteiger partial charge >= 0.3 is 11.9 Å². The average molecular weight is 824 g/mol. The lowest BCUT2D eigenvalue weighted by molar-refractivity contribution is -0.144. The predicted molar refractivity (Wildman–Crippen MR) is 210 cm³/mol. The van der Waals surface area contributed by atoms with E-state index in [1.165, 1.54) is 16.7 Å². The van der Waals surface area contributed by atoms with E-state index < -0.39 is 108 Å². The monoisotopic (exact) mass is 823 g/mol. The van der Waals surface area contributed by atoms with Crippen molar-refractivity contribution in [3.05, 3.63) is 0 Å². The average Bonchev–Trinajstić information content (AvgIpc) is 3.87. The highest BCUT2D eigenvalue weighted by molar-refractivity contribution is 5.98. The maximum Gasteiger partial charge on any atom is 0.326 e. The smallest absolute Gasteiger partial charge is 0.326 e. The van der Waals surface area contributed by atoms with E-state index in [2.05, 4.69) is 26.6 Å². The summed E-state index contributed by atoms with van der Waals surface area (Å²) in [5.41, 5.74) is 10.9. The Balaban J connectivity index is 2.18. The Morgan fingerprint density at radius 2 is 1.26 bits per heavy atom. The third-order valence-corrected chi connectivity index (χ3v) is 10.6. The van der Waals surface area contributed by atoms with E-state index in [0.717, 1.165) is 0 Å². The number of nitrogens with zero attached hydrogens (tertiary/aromatic N) is 2. The molecule has 0 aromatic rings. The minimum absolute atomic E-state index is 0.0579. The molecule has 7 amide bonds. The van der Waals surface area contributed by atoms with Crippen LogP contribution in [0.15, 0.2) is 0 Å². The van der Waals surface area contributed by atoms with E-state index in [-0.39, 0.29) is 44.8 Å². The topological polar surface area (TPSA) is 313 Å². The summed E-state index contributed by atoms with van der Waals surface area (Å²) in [6.07, 6.45) is 2.46. The highest BCUT2D eigenvalue weighted by Gasteiger charge is 2.42. The molecular weight excluding hydrogens is 758 g/mol. The molecule has 0 aromatic carbocycles. The minimum Gasteiger partial charge on any atom is -0.481 e. The van der Waals surface area contributed by atoms with Gasteiger partial charge in [0.25, 0.3) is 0 Å². The van der Waals surface area contributed by atoms with E-state index >= 15 is 0 Å². The number of nitrogens with one attached hydrogen (secondary N) is 5. The first-order valence-electron chi connectivity index (χ1n) is 20.3. The Kier molecular flexibility index (Phi) is 20.5. The molecule has 2 heterocycles. The largest absolute Gasteiger partial charge is 0.481 e. The first-order chi connectivity index (χ1) is 27.4. The fourth-order valence-corrected chi connectivity index (χ4v) is 7.14. The predicted octanol–water partition coefficient (Wildman–Crippen LogP) is -1.46. The maximum absolute atomic E-state index is 13.8. The molecule has 0 aromatic heterocycles. The SMILES string of the molecule is CC[C@H](C)[C@H](NC(=O)[C@@H]1CCCN1C(=O)[C@H](C)NC(=O)[C@@H]1CCCN1C(=O)[C@H](CC(C)C)NC(=O)CN)C(=O)N[C@@H](CCC(=O)O)C(=O)N[C@@H](CCCCN)C(=O)O. The molecule has 11 N–H and O–H groups in total. The molecule has 0 aliphatic carbocycles. The molecule has 2 aliphatic heterocycles. The summed E-state index contributed by atoms with van der Waals surface area (Å²) in [4.78, 5) is 120. The van der Waals surface area contributed by atoms with Crippen LogP contribution in [0.3, 0.4) is 0 Å². The number of carboxylic acid groups (broad SMARTS) is 2. The number of carbonyl (C=O) groups excluding carboxylic acids is 7. The van der Waals surface area contributed by atoms with Gasteiger partial charge in [-0.1, -0.05) is 34.1 Å². The van der Waals surface area contributed by atoms with Crippen molar-refractivity contribution in [1.82, 2.24) is 36.4 Å². The van der Waals surface area contributed by atoms with E-state index in [9.17, 15) is 53.4 Å². The molecule has 0 saturated carbocycles. The summed E-state index contributed by atoms with van der Waals surface area (Å²) in [6.45, 7) is 9.25. The van der Waals surface area contributed by atoms with Crippen molar-refractivity contribution in [2.45, 2.75) is 148 Å². The number of aliphatic carboxylic acids is 2. The molecule has 8 atom stereocenters. The van der Waals surface area contributed by atoms with Crippen molar-refractivity contribution in [2.75, 3.05) is 26.2 Å². The van der Waals surface area contributed by atoms with Gasteiger partial charge in [-0.3, -0.25) is 38.4 Å². The van der Waals surface area contributed by atoms with Crippen LogP contribution >= 0.6 is 0 Å². The lowest BCUT2D eigenvalue weighted by Crippen LogP contribution is -2.60. The second-order valence-corrected chi connectivity index (χ2v) is 15.6. The van der Waals surface area contributed by atoms with Gasteiger partial charge in [-0.2, -0.15) is 0 Å². The molecule has 0 radical (unpaired) electrons. The highest BCUT2D eigenvalue weighted by Crippen LogP contribution is 2.23. The van der Waals surface area contributed by atoms with E-state index in [1.54, 1.807) is 13.8 Å². The molecule has 2 aliphatic rings. The maximum atomic E-state index is 13.8. The Hall–Kier alpha value is -4.85. The van der Waals surface area contributed by atoms with Gasteiger partial charge in [0, 0.05) is 19.5 Å². The Bertz CT molecular complexity index is 1480. The van der Waals surface area contributed by atoms with Gasteiger partial charge in [0.15, 0.2) is 0 Å². The molecule has 0 spiro atoms. The Labute approximate surface area is 339 Å². The first kappa shape index (κ1) is 49.3. The number of amides is 7. The van der Waals surface area contributed by atoms with Gasteiger partial charge in [0.1, 0.15) is 42.3 Å². The zero-order valence-electron chi connectivity index (χ0n) is 34.4. The second-order valence-electron chi connectivity index (χ2n) is 15.6. The number of carboxylic acids is 2. The second kappa shape index (κ2) is 24.2. The standard InChI is InChI=1S/C38H65N9O11/c1-6-22(4)31(35(54)43-24(14-15-30(49)50)32(51)44-25(38(57)58)11-7-8-16-39)45-34(53)28-13-9-17-46(28)36(55)23(5)41-33(52)27-12-10-18-47(27)37(56)26(19-21(2)3)42-29(48)20-40/h21-28,31H,6-20,39-40H2,1-5H3,(H,41,52)(H,42,48)(H,43,54)(H,44,51)(H,45,53)(H,49,50)(H,57,58)/t22-,23-,24-,25-,26-,27-,28-,31-/m0/s1. The van der Waals surface area contributed by atoms with Crippen molar-refractivity contribution in [1.29, 1.82) is 0 Å². The number of nitrogens with two attached hydrogens (primary N) is 2. The van der Waals surface area contributed by atoms with Crippen LogP contribution in [0.1, 0.15) is 105 Å². The minimum atomic E-state index is -1.44. The van der Waals surface area contributed by atoms with Gasteiger partial charge in [-0.25, -0.2) is 4.79 Å². The fraction of sp³-hybridized carbons (Fsp3) is 0.763. The zero-order chi connectivity index (χ0) is 43.7. The summed E-state index contributed by atoms with van der Waals surface area (Å²) >= 11 is 0. The summed E-state index contributed by atoms with van der Waals surface area (Å²) in [5.74, 6) is -7.34. The van der Waals surface area contributed by atoms with E-state index in [4.69, 9.17) is 11.5 Å². The summed E-state index contributed by atoms with van der Waals surface area (Å²) in [5, 5.41) is 31.9. The molecule has 2 rings (SSSR count). The number of hydrogen-bond acceptors (Lipinski definition) is 11. The van der Waals surface area contributed by atoms with Gasteiger partial charge in [-0.15, -0.1) is 0 Å². The number of rotatable bonds is 24. The van der Waals surface area contributed by atoms with Gasteiger partial charge in [-0.05, 0) is 83.1 Å². The lowest BCUT2D eigenvalue weighted by atomic mass is 9.96. The van der Waals surface area contributed by atoms with Gasteiger partial charge in [0.2, 0.25) is 41.4 Å². The zero-order valence-corrected chi connectivity index (χ0v) is 34.4. The van der Waals surface area contributed by atoms with Crippen LogP contribution in [0.4, 0.5) is 0 Å². The van der Waals surface area contributed by atoms with Gasteiger partial charge < -0.3 is 58.1 Å². The molecule has 0 unspecified atom stereocenters. The number of hydrogen-bond donors (Lipinski definition) is 9. The number of unbranched alkanes of at least 4 members (excludes halogenated alkanes) is 1. The van der Waals surface area contributed by atoms with Crippen LogP contribution in [0, 0.1) is 11.8 Å². The highest BCUT2D eigenvalue weighted by atomic mass is 16.4. The lowest BCUT2D eigenvalue weighted by Gasteiger charge is -2.32. The van der Waals surface area contributed by atoms with Crippen molar-refractivity contribution in [3.63, 3.8) is 0 Å². The number of likely N-dealkylation sites (tertiary alicyclic amines) is 2. The molecule has 2 fully saturated rings. The van der Waals surface area contributed by atoms with Crippen LogP contribution in [0.25, 0.3) is 0 Å². The molecule has 20 nitrogen and oxygen atoms in total. The van der Waals surface area contributed by atoms with Gasteiger partial charge in [0.05, 0.1) is 6.54 Å². The molecular formula is C38H65N9O11. The van der Waals surface area contributed by atoms with Crippen molar-refractivity contribution < 1.29 is 53.4 Å². The van der Waals surface area contributed by atoms with Crippen LogP contribution < -0.4 is 38.1 Å². The summed E-state index contributed by atoms with van der Waals surface area (Å²) < 4.78 is 0. The van der Waals surface area contributed by atoms with Crippen LogP contribution in [0.2, 0.25) is 0 Å². The van der Waals surface area contributed by atoms with Crippen LogP contribution in [0.5, 0.6) is 0 Å². The summed E-state index contributed by atoms with van der Waals surface area (Å²) in [6, 6.07) is -7.80. The molecule has 58 heavy (non-hydrogen) atoms. The normalized spacial score (nSPS) is 19.6. The molecule has 20 heteroatoms. The number of carbonyl (C=O) groups is 9. The first-order valence-corrected chi connectivity index (χ1v) is 20.3. The van der Waals surface area contributed by atoms with E-state index in [1.807, 2.05) is 13.8 Å². The third-order valence-electron chi connectivity index (χ3n) is 10.6. The van der Waals surface area contributed by atoms with Crippen LogP contribution in [-0.4, -0.2) is 142 Å². The van der Waals surface area contributed by atoms with E-state index in [0.29, 0.717) is 51.5 Å². The van der Waals surface area contributed by atoms with Crippen molar-refractivity contribution in [2.24, 2.45) is 23.3 Å². The van der Waals surface area contributed by atoms with Crippen molar-refractivity contribution in [3.8, 4) is 0 Å².